The van der Waals surface area contributed by atoms with E-state index < -0.39 is 71.2 Å². The lowest BCUT2D eigenvalue weighted by molar-refractivity contribution is -0.916. The van der Waals surface area contributed by atoms with Crippen LogP contribution in [0.25, 0.3) is 0 Å². The van der Waals surface area contributed by atoms with Crippen molar-refractivity contribution in [3.05, 3.63) is 195 Å². The number of quaternary nitrogens is 1. The number of carbonyl (C=O) groups excluding carboxylic acids is 4. The van der Waals surface area contributed by atoms with Gasteiger partial charge in [0, 0.05) is 80.3 Å². The van der Waals surface area contributed by atoms with Gasteiger partial charge in [0.15, 0.2) is 34.5 Å². The van der Waals surface area contributed by atoms with E-state index in [1.54, 1.807) is 36.4 Å². The van der Waals surface area contributed by atoms with Crippen LogP contribution in [0.4, 0.5) is 16.2 Å². The van der Waals surface area contributed by atoms with E-state index in [0.29, 0.717) is 113 Å². The molecule has 0 bridgehead atoms. The molecule has 1 saturated carbocycles. The molecule has 14 rings (SSSR count). The van der Waals surface area contributed by atoms with Gasteiger partial charge in [-0.3, -0.25) is 24.4 Å². The summed E-state index contributed by atoms with van der Waals surface area (Å²) in [6.07, 6.45) is -0.271. The molecule has 2 fully saturated rings. The van der Waals surface area contributed by atoms with Crippen LogP contribution in [0.2, 0.25) is 0 Å². The lowest BCUT2D eigenvalue weighted by atomic mass is 9.94. The molecule has 4 amide bonds. The van der Waals surface area contributed by atoms with Crippen molar-refractivity contribution in [1.82, 2.24) is 20.4 Å². The molecule has 0 aromatic heterocycles. The number of nitrogens with zero attached hydrogens (tertiary/aromatic N) is 5. The Morgan fingerprint density at radius 1 is 0.578 bits per heavy atom. The van der Waals surface area contributed by atoms with Crippen molar-refractivity contribution < 1.29 is 108 Å². The molecule has 10 atom stereocenters. The van der Waals surface area contributed by atoms with Crippen molar-refractivity contribution in [2.24, 2.45) is 27.7 Å². The molecular weight excluding hydrogens is 1520 g/mol. The molecule has 29 nitrogen and oxygen atoms in total. The van der Waals surface area contributed by atoms with Gasteiger partial charge in [0.2, 0.25) is 6.29 Å². The number of aliphatic hydroxyl groups is 4. The highest BCUT2D eigenvalue weighted by atomic mass is 32.3. The molecule has 0 spiro atoms. The van der Waals surface area contributed by atoms with E-state index in [1.165, 1.54) is 49.6 Å². The summed E-state index contributed by atoms with van der Waals surface area (Å²) >= 11 is 0. The van der Waals surface area contributed by atoms with Crippen LogP contribution in [-0.4, -0.2) is 216 Å². The van der Waals surface area contributed by atoms with Gasteiger partial charge >= 0.3 is 16.5 Å². The monoisotopic (exact) mass is 1610 g/mol. The van der Waals surface area contributed by atoms with Crippen LogP contribution in [0, 0.1) is 29.6 Å². The minimum absolute atomic E-state index is 0.0269. The van der Waals surface area contributed by atoms with Gasteiger partial charge in [-0.25, -0.2) is 4.79 Å². The van der Waals surface area contributed by atoms with Crippen molar-refractivity contribution in [1.29, 1.82) is 0 Å². The Kier molecular flexibility index (Phi) is 26.2. The first-order valence-electron chi connectivity index (χ1n) is 38.9. The van der Waals surface area contributed by atoms with Crippen molar-refractivity contribution in [2.45, 2.75) is 121 Å². The standard InChI is InChI=1S/C86H95N7O22S/c1-93(2,47-53-19-22-64(23-20-53)114-116(102,103)115-77-38-59(21-24-72(77)112-85-81(97)80(96)79(95)78(49-94)113-85)82(98)87-25-27-106-29-31-108-32-30-107-28-26-88-86(101)111-52-69-65-17-7-5-6-8-18-66(65)69)48-54-33-55(50-109-75-41-70-67(39-73(75)104-3)83(99)91-45-60-15-11-9-13-57(60)36-62(91)43-89-70)35-56(34-54)51-110-76-42-71-68(40-74(76)105-4)84(100)92-46-61-16-12-10-14-58(61)37-63(92)44-90-71/h9-16,19-24,33-35,38-44,62-63,65-66,69,78-81,85,94-97H,7-8,17-18,25-32,36-37,45-52H2,1-4H3,(H-,87,88,98,101)/p+1/t62?,63?,65-,66+,69?,78-,79+,80+,81-,85?/m1/s1. The fraction of sp³-hybridized carbons (Fsp3) is 0.419. The first-order chi connectivity index (χ1) is 56.2. The Balaban J connectivity index is 0.611. The molecule has 6 N–H and O–H groups in total. The maximum atomic E-state index is 14.3. The third kappa shape index (κ3) is 20.0. The second kappa shape index (κ2) is 37.1. The Morgan fingerprint density at radius 3 is 1.66 bits per heavy atom. The van der Waals surface area contributed by atoms with E-state index in [-0.39, 0.29) is 101 Å². The van der Waals surface area contributed by atoms with Gasteiger partial charge < -0.3 is 101 Å². The van der Waals surface area contributed by atoms with E-state index in [2.05, 4.69) is 34.6 Å². The zero-order valence-corrected chi connectivity index (χ0v) is 65.8. The Morgan fingerprint density at radius 2 is 1.10 bits per heavy atom. The molecule has 7 aliphatic rings. The Labute approximate surface area is 672 Å². The lowest BCUT2D eigenvalue weighted by Crippen LogP contribution is -2.60. The Hall–Kier alpha value is -10.7. The number of ether oxygens (including phenoxy) is 10. The number of rotatable bonds is 34. The molecule has 7 aromatic carbocycles. The second-order valence-electron chi connectivity index (χ2n) is 30.3. The first kappa shape index (κ1) is 81.9. The summed E-state index contributed by atoms with van der Waals surface area (Å²) in [5.74, 6) is 7.27. The van der Waals surface area contributed by atoms with Crippen molar-refractivity contribution in [2.75, 3.05) is 94.3 Å². The maximum Gasteiger partial charge on any atom is 0.501 e. The molecule has 7 aromatic rings. The van der Waals surface area contributed by atoms with Crippen molar-refractivity contribution in [3.63, 3.8) is 0 Å². The van der Waals surface area contributed by atoms with E-state index in [4.69, 9.17) is 65.7 Å². The zero-order chi connectivity index (χ0) is 81.0. The molecule has 0 radical (unpaired) electrons. The van der Waals surface area contributed by atoms with Crippen LogP contribution in [-0.2, 0) is 86.3 Å². The van der Waals surface area contributed by atoms with Gasteiger partial charge in [-0.05, 0) is 150 Å². The van der Waals surface area contributed by atoms with E-state index in [1.807, 2.05) is 90.9 Å². The molecule has 30 heteroatoms. The highest BCUT2D eigenvalue weighted by Crippen LogP contribution is 2.52. The summed E-state index contributed by atoms with van der Waals surface area (Å²) in [6.45, 7) is 3.14. The number of benzene rings is 7. The summed E-state index contributed by atoms with van der Waals surface area (Å²) in [4.78, 5) is 67.8. The van der Waals surface area contributed by atoms with Gasteiger partial charge in [-0.1, -0.05) is 48.5 Å². The average Bonchev–Trinajstić information content (AvgIpc) is 1.58. The topological polar surface area (TPSA) is 349 Å². The summed E-state index contributed by atoms with van der Waals surface area (Å²) in [6, 6.07) is 38.4. The van der Waals surface area contributed by atoms with Gasteiger partial charge in [-0.15, -0.1) is 20.3 Å². The minimum Gasteiger partial charge on any atom is -0.493 e. The van der Waals surface area contributed by atoms with Gasteiger partial charge in [0.25, 0.3) is 17.7 Å². The second-order valence-corrected chi connectivity index (χ2v) is 31.4. The number of carbonyl (C=O) groups is 4. The normalized spacial score (nSPS) is 21.6. The predicted molar refractivity (Wildman–Crippen MR) is 423 cm³/mol. The number of methoxy groups -OCH3 is 2. The van der Waals surface area contributed by atoms with Crippen molar-refractivity contribution >= 4 is 58.0 Å². The van der Waals surface area contributed by atoms with Crippen LogP contribution in [0.5, 0.6) is 40.2 Å². The zero-order valence-electron chi connectivity index (χ0n) is 65.0. The van der Waals surface area contributed by atoms with Crippen LogP contribution < -0.4 is 42.7 Å². The molecule has 116 heavy (non-hydrogen) atoms. The summed E-state index contributed by atoms with van der Waals surface area (Å²) < 4.78 is 97.9. The number of aliphatic imine (C=N–C) groups is 2. The SMILES string of the molecule is COc1cc2c(cc1OCc1cc(COc3cc4c(cc3OC)C(=O)N3Cc5ccccc5CC3C=N4)cc(C[N+](C)(C)Cc3ccc(OS(=O)(=O)Oc4cc(C(=O)NCCOCCOCCOCCNC(=O)OCC5[C@H]6CCC#CCC[C@@H]56)ccc4OC4O[C@H](CO)[C@H](O)[C@H](O)[C@H]4O)cc3)c1)N=CC1Cc3ccccc3CN1C2=O. The smallest absolute Gasteiger partial charge is 0.493 e. The number of fused-ring (bicyclic) bond motifs is 7. The van der Waals surface area contributed by atoms with Gasteiger partial charge in [-0.2, -0.15) is 0 Å². The number of alkyl carbamates (subject to hydrolysis) is 1. The fourth-order valence-corrected chi connectivity index (χ4v) is 16.4. The van der Waals surface area contributed by atoms with Crippen LogP contribution in [0.15, 0.2) is 143 Å². The quantitative estimate of drug-likeness (QED) is 0.0126. The lowest BCUT2D eigenvalue weighted by Gasteiger charge is -2.39. The van der Waals surface area contributed by atoms with E-state index in [9.17, 15) is 48.0 Å². The van der Waals surface area contributed by atoms with E-state index >= 15 is 0 Å². The molecule has 5 heterocycles. The van der Waals surface area contributed by atoms with Gasteiger partial charge in [0.05, 0.1) is 116 Å². The molecule has 5 aliphatic heterocycles. The van der Waals surface area contributed by atoms with Crippen LogP contribution in [0.3, 0.4) is 0 Å². The maximum absolute atomic E-state index is 14.3. The predicted octanol–water partition coefficient (Wildman–Crippen LogP) is 8.03. The Bertz CT molecular complexity index is 4790. The molecule has 1 saturated heterocycles. The number of amides is 4. The number of aliphatic hydroxyl groups excluding tert-OH is 4. The van der Waals surface area contributed by atoms with Crippen molar-refractivity contribution in [3.8, 4) is 52.1 Å². The summed E-state index contributed by atoms with van der Waals surface area (Å²) in [7, 11) is 2.05. The largest absolute Gasteiger partial charge is 0.501 e. The molecule has 2 aliphatic carbocycles. The highest BCUT2D eigenvalue weighted by molar-refractivity contribution is 7.82. The van der Waals surface area contributed by atoms with Crippen LogP contribution in [0.1, 0.15) is 101 Å². The average molecular weight is 1610 g/mol. The number of hydrogen-bond acceptors (Lipinski definition) is 24. The molecule has 612 valence electrons. The van der Waals surface area contributed by atoms with E-state index in [0.717, 1.165) is 65.1 Å². The summed E-state index contributed by atoms with van der Waals surface area (Å²) in [5, 5.41) is 47.2. The summed E-state index contributed by atoms with van der Waals surface area (Å²) in [5.41, 5.74) is 9.34. The number of nitrogens with one attached hydrogen (secondary N) is 2. The minimum atomic E-state index is -5.07. The number of hydrogen-bond donors (Lipinski definition) is 6. The third-order valence-electron chi connectivity index (χ3n) is 21.7. The highest BCUT2D eigenvalue weighted by Gasteiger charge is 2.50. The molecular formula is C86H96N7O22S+. The fourth-order valence-electron chi connectivity index (χ4n) is 15.7. The van der Waals surface area contributed by atoms with Crippen LogP contribution >= 0.6 is 0 Å². The first-order valence-corrected chi connectivity index (χ1v) is 40.2. The third-order valence-corrected chi connectivity index (χ3v) is 22.4. The molecule has 4 unspecified atom stereocenters. The van der Waals surface area contributed by atoms with Gasteiger partial charge in [0.1, 0.15) is 56.5 Å².